The number of aliphatic carboxylic acids is 1. The Hall–Kier alpha value is -1.51. The number of alkyl halides is 1. The average molecular weight is 727 g/mol. The lowest BCUT2D eigenvalue weighted by Gasteiger charge is -2.72. The zero-order valence-corrected chi connectivity index (χ0v) is 33.4. The van der Waals surface area contributed by atoms with E-state index in [1.54, 1.807) is 0 Å². The third kappa shape index (κ3) is 5.71. The van der Waals surface area contributed by atoms with Gasteiger partial charge in [0.2, 0.25) is 0 Å². The van der Waals surface area contributed by atoms with Gasteiger partial charge in [0.05, 0.1) is 16.9 Å². The summed E-state index contributed by atoms with van der Waals surface area (Å²) >= 11 is 0. The number of carboxylic acids is 1. The quantitative estimate of drug-likeness (QED) is 0.245. The molecule has 1 unspecified atom stereocenters. The fourth-order valence-electron chi connectivity index (χ4n) is 14.6. The lowest BCUT2D eigenvalue weighted by molar-refractivity contribution is -0.221. The van der Waals surface area contributed by atoms with Crippen LogP contribution < -0.4 is 5.32 Å². The first-order chi connectivity index (χ1) is 23.9. The van der Waals surface area contributed by atoms with E-state index < -0.39 is 27.9 Å². The summed E-state index contributed by atoms with van der Waals surface area (Å²) in [5.41, 5.74) is 3.60. The number of halogens is 1. The molecule has 0 aromatic carbocycles. The predicted octanol–water partition coefficient (Wildman–Crippen LogP) is 8.40. The summed E-state index contributed by atoms with van der Waals surface area (Å²) in [5.74, 6) is 2.58. The Morgan fingerprint density at radius 2 is 1.67 bits per heavy atom. The first-order valence-electron chi connectivity index (χ1n) is 20.4. The highest BCUT2D eigenvalue weighted by atomic mass is 32.2. The molecule has 1 heterocycles. The highest BCUT2D eigenvalue weighted by Gasteiger charge is 2.70. The molecule has 6 aliphatic carbocycles. The van der Waals surface area contributed by atoms with Crippen LogP contribution in [0.25, 0.3) is 0 Å². The van der Waals surface area contributed by atoms with Crippen LogP contribution in [0, 0.1) is 56.7 Å². The molecule has 0 radical (unpaired) electrons. The van der Waals surface area contributed by atoms with E-state index in [-0.39, 0.29) is 33.6 Å². The first-order valence-corrected chi connectivity index (χ1v) is 22.2. The van der Waals surface area contributed by atoms with Crippen molar-refractivity contribution in [2.75, 3.05) is 44.4 Å². The largest absolute Gasteiger partial charge is 0.481 e. The fourth-order valence-corrected chi connectivity index (χ4v) is 15.8. The number of carboxylic acid groups (broad SMARTS) is 1. The number of fused-ring (bicyclic) bond motifs is 7. The van der Waals surface area contributed by atoms with Crippen molar-refractivity contribution in [2.24, 2.45) is 56.7 Å². The van der Waals surface area contributed by atoms with Gasteiger partial charge in [0.1, 0.15) is 6.67 Å². The summed E-state index contributed by atoms with van der Waals surface area (Å²) in [6.45, 7) is 22.1. The van der Waals surface area contributed by atoms with E-state index in [0.717, 1.165) is 19.5 Å². The molecule has 0 amide bonds. The minimum atomic E-state index is -2.87. The van der Waals surface area contributed by atoms with Gasteiger partial charge in [-0.05, 0) is 146 Å². The Balaban J connectivity index is 1.13. The number of nitrogens with one attached hydrogen (secondary N) is 1. The van der Waals surface area contributed by atoms with E-state index in [1.807, 2.05) is 0 Å². The Kier molecular flexibility index (Phi) is 9.47. The summed E-state index contributed by atoms with van der Waals surface area (Å²) < 4.78 is 38.0. The summed E-state index contributed by atoms with van der Waals surface area (Å²) in [5, 5.41) is 14.0. The number of sulfone groups is 1. The van der Waals surface area contributed by atoms with Crippen LogP contribution in [-0.4, -0.2) is 74.3 Å². The van der Waals surface area contributed by atoms with Crippen LogP contribution in [0.15, 0.2) is 35.5 Å². The van der Waals surface area contributed by atoms with Gasteiger partial charge in [0.15, 0.2) is 9.84 Å². The van der Waals surface area contributed by atoms with Gasteiger partial charge in [0, 0.05) is 31.7 Å². The maximum absolute atomic E-state index is 14.0. The molecular weight excluding hydrogens is 660 g/mol. The molecule has 0 aromatic rings. The Bertz CT molecular complexity index is 1590. The van der Waals surface area contributed by atoms with E-state index in [4.69, 9.17) is 0 Å². The van der Waals surface area contributed by atoms with Gasteiger partial charge >= 0.3 is 5.97 Å². The summed E-state index contributed by atoms with van der Waals surface area (Å²) in [6, 6.07) is 0. The number of nitrogens with zero attached hydrogens (tertiary/aromatic N) is 1. The molecule has 0 aromatic heterocycles. The van der Waals surface area contributed by atoms with Crippen LogP contribution in [0.4, 0.5) is 4.39 Å². The molecule has 51 heavy (non-hydrogen) atoms. The van der Waals surface area contributed by atoms with Crippen molar-refractivity contribution >= 4 is 15.8 Å². The van der Waals surface area contributed by atoms with Crippen LogP contribution in [0.2, 0.25) is 0 Å². The van der Waals surface area contributed by atoms with Gasteiger partial charge in [-0.1, -0.05) is 58.9 Å². The lowest BCUT2D eigenvalue weighted by Crippen LogP contribution is -2.68. The minimum absolute atomic E-state index is 0.0163. The second kappa shape index (κ2) is 12.8. The second-order valence-electron chi connectivity index (χ2n) is 20.0. The van der Waals surface area contributed by atoms with Crippen molar-refractivity contribution in [1.82, 2.24) is 10.2 Å². The van der Waals surface area contributed by atoms with Crippen molar-refractivity contribution in [2.45, 2.75) is 124 Å². The average Bonchev–Trinajstić information content (AvgIpc) is 3.46. The van der Waals surface area contributed by atoms with Crippen LogP contribution in [0.1, 0.15) is 119 Å². The van der Waals surface area contributed by atoms with Crippen LogP contribution >= 0.6 is 0 Å². The minimum Gasteiger partial charge on any atom is -0.481 e. The highest BCUT2D eigenvalue weighted by molar-refractivity contribution is 7.91. The monoisotopic (exact) mass is 726 g/mol. The zero-order chi connectivity index (χ0) is 36.8. The third-order valence-corrected chi connectivity index (χ3v) is 19.3. The molecule has 6 nitrogen and oxygen atoms in total. The maximum atomic E-state index is 14.0. The van der Waals surface area contributed by atoms with Gasteiger partial charge in [-0.25, -0.2) is 12.8 Å². The number of carbonyl (C=O) groups is 1. The molecule has 286 valence electrons. The van der Waals surface area contributed by atoms with Gasteiger partial charge in [0.25, 0.3) is 0 Å². The van der Waals surface area contributed by atoms with Crippen LogP contribution in [0.3, 0.4) is 0 Å². The van der Waals surface area contributed by atoms with E-state index in [2.05, 4.69) is 70.5 Å². The SMILES string of the molecule is C=C(C)[C@@H]1CC[C@]2(NCCN3CCS(=O)(=O)CC3)CC[C@]3(C)[C@H](CC[C@@H]4[C@@]5(C)CC=C(C6=CC[C@](CF)(C(=O)O)CC6)C(C)(C)[C@@H]5CC[C@]43C)C12. The highest BCUT2D eigenvalue weighted by Crippen LogP contribution is 2.76. The smallest absolute Gasteiger partial charge is 0.312 e. The zero-order valence-electron chi connectivity index (χ0n) is 32.6. The first kappa shape index (κ1) is 37.8. The molecule has 10 atom stereocenters. The molecule has 4 saturated carbocycles. The maximum Gasteiger partial charge on any atom is 0.312 e. The van der Waals surface area contributed by atoms with Gasteiger partial charge in [-0.2, -0.15) is 0 Å². The van der Waals surface area contributed by atoms with Crippen molar-refractivity contribution in [3.05, 3.63) is 35.5 Å². The van der Waals surface area contributed by atoms with E-state index >= 15 is 0 Å². The summed E-state index contributed by atoms with van der Waals surface area (Å²) in [7, 11) is -2.87. The van der Waals surface area contributed by atoms with Crippen molar-refractivity contribution in [3.63, 3.8) is 0 Å². The van der Waals surface area contributed by atoms with Gasteiger partial charge in [-0.3, -0.25) is 4.79 Å². The Morgan fingerprint density at radius 1 is 0.941 bits per heavy atom. The van der Waals surface area contributed by atoms with Crippen molar-refractivity contribution < 1.29 is 22.7 Å². The number of allylic oxidation sites excluding steroid dienone is 5. The molecule has 2 N–H and O–H groups in total. The van der Waals surface area contributed by atoms with Crippen LogP contribution in [0.5, 0.6) is 0 Å². The second-order valence-corrected chi connectivity index (χ2v) is 22.3. The van der Waals surface area contributed by atoms with E-state index in [0.29, 0.717) is 67.0 Å². The molecular formula is C43H67FN2O4S. The predicted molar refractivity (Wildman–Crippen MR) is 204 cm³/mol. The number of hydrogen-bond acceptors (Lipinski definition) is 5. The van der Waals surface area contributed by atoms with Gasteiger partial charge in [-0.15, -0.1) is 0 Å². The molecule has 8 heteroatoms. The molecule has 7 rings (SSSR count). The molecule has 0 bridgehead atoms. The Labute approximate surface area is 308 Å². The summed E-state index contributed by atoms with van der Waals surface area (Å²) in [6.07, 6.45) is 16.9. The molecule has 0 spiro atoms. The number of hydrogen-bond donors (Lipinski definition) is 2. The Morgan fingerprint density at radius 3 is 2.29 bits per heavy atom. The van der Waals surface area contributed by atoms with Crippen molar-refractivity contribution in [3.8, 4) is 0 Å². The topological polar surface area (TPSA) is 86.7 Å². The molecule has 1 saturated heterocycles. The normalized spacial score (nSPS) is 46.1. The number of rotatable bonds is 8. The van der Waals surface area contributed by atoms with E-state index in [9.17, 15) is 22.7 Å². The van der Waals surface area contributed by atoms with Gasteiger partial charge < -0.3 is 15.3 Å². The fraction of sp³-hybridized carbons (Fsp3) is 0.837. The van der Waals surface area contributed by atoms with Crippen LogP contribution in [-0.2, 0) is 14.6 Å². The lowest BCUT2D eigenvalue weighted by atomic mass is 9.33. The third-order valence-electron chi connectivity index (χ3n) is 17.7. The standard InChI is InChI=1S/C43H67FN2O4S/c1-29(2)31-12-19-43(45-22-23-46-24-26-51(49,50)27-25-46)21-20-40(6)33(36(31)43)8-9-35-39(5)15-13-32(38(3,4)34(39)14-16-41(35,40)7)30-10-17-42(28-44,18-11-30)37(47)48/h10,13,31,33-36,45H,1,8-9,11-12,14-28H2,2-7H3,(H,47,48)/t31-,33+,34-,35+,36?,39-,40+,41+,42-,43-/m0/s1. The molecule has 1 aliphatic heterocycles. The van der Waals surface area contributed by atoms with Crippen molar-refractivity contribution in [1.29, 1.82) is 0 Å². The molecule has 5 fully saturated rings. The summed E-state index contributed by atoms with van der Waals surface area (Å²) in [4.78, 5) is 14.3. The molecule has 7 aliphatic rings. The van der Waals surface area contributed by atoms with E-state index in [1.165, 1.54) is 68.1 Å².